The van der Waals surface area contributed by atoms with E-state index in [0.717, 1.165) is 5.56 Å². The Balaban J connectivity index is 1.43. The number of halogens is 1. The van der Waals surface area contributed by atoms with Gasteiger partial charge in [-0.1, -0.05) is 12.1 Å². The fraction of sp³-hybridized carbons (Fsp3) is 0.192. The molecule has 9 heteroatoms. The number of benzene rings is 2. The highest BCUT2D eigenvalue weighted by Crippen LogP contribution is 2.28. The number of hydrogen-bond acceptors (Lipinski definition) is 5. The van der Waals surface area contributed by atoms with Gasteiger partial charge in [0.2, 0.25) is 0 Å². The number of piperazine rings is 1. The molecule has 0 saturated carbocycles. The molecule has 178 valence electrons. The van der Waals surface area contributed by atoms with Gasteiger partial charge in [0.25, 0.3) is 11.8 Å². The van der Waals surface area contributed by atoms with Crippen molar-refractivity contribution in [2.24, 2.45) is 0 Å². The molecule has 0 spiro atoms. The first kappa shape index (κ1) is 22.4. The summed E-state index contributed by atoms with van der Waals surface area (Å²) in [6.45, 7) is 1.55. The zero-order valence-electron chi connectivity index (χ0n) is 19.1. The molecule has 0 atom stereocenters. The van der Waals surface area contributed by atoms with Crippen LogP contribution in [0.25, 0.3) is 16.9 Å². The first-order valence-electron chi connectivity index (χ1n) is 11.2. The monoisotopic (exact) mass is 474 g/mol. The number of carbonyl (C=O) groups excluding carboxylic acids is 2. The van der Waals surface area contributed by atoms with Crippen molar-refractivity contribution in [3.63, 3.8) is 0 Å². The summed E-state index contributed by atoms with van der Waals surface area (Å²) in [5.41, 5.74) is 2.25. The van der Waals surface area contributed by atoms with Gasteiger partial charge in [-0.05, 0) is 48.5 Å². The maximum Gasteiger partial charge on any atom is 0.289 e. The van der Waals surface area contributed by atoms with Crippen molar-refractivity contribution in [3.8, 4) is 22.7 Å². The van der Waals surface area contributed by atoms with Crippen LogP contribution in [-0.2, 0) is 0 Å². The predicted molar refractivity (Wildman–Crippen MR) is 126 cm³/mol. The molecule has 5 rings (SSSR count). The van der Waals surface area contributed by atoms with E-state index in [1.165, 1.54) is 18.4 Å². The number of hydrogen-bond donors (Lipinski definition) is 0. The molecule has 0 unspecified atom stereocenters. The van der Waals surface area contributed by atoms with E-state index in [1.807, 2.05) is 24.3 Å². The van der Waals surface area contributed by atoms with Crippen molar-refractivity contribution in [1.82, 2.24) is 19.6 Å². The van der Waals surface area contributed by atoms with Crippen LogP contribution in [0.15, 0.2) is 77.5 Å². The van der Waals surface area contributed by atoms with E-state index in [-0.39, 0.29) is 23.4 Å². The van der Waals surface area contributed by atoms with Crippen molar-refractivity contribution < 1.29 is 23.1 Å². The fourth-order valence-electron chi connectivity index (χ4n) is 4.08. The van der Waals surface area contributed by atoms with E-state index in [1.54, 1.807) is 52.1 Å². The summed E-state index contributed by atoms with van der Waals surface area (Å²) in [5, 5.41) is 4.66. The van der Waals surface area contributed by atoms with Gasteiger partial charge in [0.1, 0.15) is 17.3 Å². The van der Waals surface area contributed by atoms with Gasteiger partial charge in [-0.2, -0.15) is 5.10 Å². The van der Waals surface area contributed by atoms with Crippen molar-refractivity contribution >= 4 is 11.8 Å². The van der Waals surface area contributed by atoms with Gasteiger partial charge in [0.05, 0.1) is 24.6 Å². The first-order valence-corrected chi connectivity index (χ1v) is 11.2. The third kappa shape index (κ3) is 4.52. The second-order valence-corrected chi connectivity index (χ2v) is 8.11. The van der Waals surface area contributed by atoms with Crippen LogP contribution >= 0.6 is 0 Å². The van der Waals surface area contributed by atoms with E-state index < -0.39 is 0 Å². The van der Waals surface area contributed by atoms with Gasteiger partial charge in [-0.3, -0.25) is 9.59 Å². The molecule has 0 aliphatic carbocycles. The molecule has 2 aromatic heterocycles. The molecule has 1 aliphatic rings. The van der Waals surface area contributed by atoms with Crippen molar-refractivity contribution in [2.75, 3.05) is 33.3 Å². The van der Waals surface area contributed by atoms with E-state index in [2.05, 4.69) is 5.10 Å². The van der Waals surface area contributed by atoms with Crippen LogP contribution in [0.1, 0.15) is 20.9 Å². The average molecular weight is 474 g/mol. The van der Waals surface area contributed by atoms with Crippen LogP contribution in [0.4, 0.5) is 4.39 Å². The Labute approximate surface area is 201 Å². The zero-order chi connectivity index (χ0) is 24.4. The standard InChI is InChI=1S/C26H23FN4O4/c1-34-21-5-2-4-18(16-21)24-22(17-31(28-24)20-9-7-19(27)8-10-20)25(32)29-11-13-30(14-12-29)26(33)23-6-3-15-35-23/h2-10,15-17H,11-14H2,1H3. The van der Waals surface area contributed by atoms with Gasteiger partial charge < -0.3 is 19.0 Å². The quantitative estimate of drug-likeness (QED) is 0.439. The Bertz CT molecular complexity index is 1340. The Morgan fingerprint density at radius 3 is 2.31 bits per heavy atom. The zero-order valence-corrected chi connectivity index (χ0v) is 19.1. The Morgan fingerprint density at radius 2 is 1.66 bits per heavy atom. The van der Waals surface area contributed by atoms with Crippen LogP contribution < -0.4 is 4.74 Å². The third-order valence-corrected chi connectivity index (χ3v) is 5.97. The molecule has 35 heavy (non-hydrogen) atoms. The van der Waals surface area contributed by atoms with Gasteiger partial charge in [0.15, 0.2) is 5.76 Å². The van der Waals surface area contributed by atoms with Gasteiger partial charge in [-0.25, -0.2) is 9.07 Å². The lowest BCUT2D eigenvalue weighted by molar-refractivity contribution is 0.0518. The summed E-state index contributed by atoms with van der Waals surface area (Å²) in [7, 11) is 1.58. The van der Waals surface area contributed by atoms with Crippen molar-refractivity contribution in [1.29, 1.82) is 0 Å². The summed E-state index contributed by atoms with van der Waals surface area (Å²) in [5.74, 6) is 0.185. The highest BCUT2D eigenvalue weighted by atomic mass is 19.1. The fourth-order valence-corrected chi connectivity index (χ4v) is 4.08. The Kier molecular flexibility index (Phi) is 6.05. The minimum atomic E-state index is -0.354. The lowest BCUT2D eigenvalue weighted by Crippen LogP contribution is -2.50. The Morgan fingerprint density at radius 1 is 0.943 bits per heavy atom. The Hall–Kier alpha value is -4.40. The second-order valence-electron chi connectivity index (χ2n) is 8.11. The maximum absolute atomic E-state index is 13.6. The van der Waals surface area contributed by atoms with Gasteiger partial charge in [0, 0.05) is 37.9 Å². The number of nitrogens with zero attached hydrogens (tertiary/aromatic N) is 4. The van der Waals surface area contributed by atoms with Crippen molar-refractivity contribution in [2.45, 2.75) is 0 Å². The minimum absolute atomic E-state index is 0.191. The molecule has 0 N–H and O–H groups in total. The third-order valence-electron chi connectivity index (χ3n) is 5.97. The number of furan rings is 1. The minimum Gasteiger partial charge on any atom is -0.497 e. The summed E-state index contributed by atoms with van der Waals surface area (Å²) >= 11 is 0. The summed E-state index contributed by atoms with van der Waals surface area (Å²) in [6.07, 6.45) is 3.12. The second kappa shape index (κ2) is 9.46. The highest BCUT2D eigenvalue weighted by molar-refractivity contribution is 6.00. The maximum atomic E-state index is 13.6. The van der Waals surface area contributed by atoms with Crippen LogP contribution in [0.3, 0.4) is 0 Å². The molecule has 2 aromatic carbocycles. The summed E-state index contributed by atoms with van der Waals surface area (Å²) < 4.78 is 25.6. The molecule has 0 radical (unpaired) electrons. The van der Waals surface area contributed by atoms with Crippen LogP contribution in [0.2, 0.25) is 0 Å². The molecule has 0 bridgehead atoms. The molecule has 3 heterocycles. The average Bonchev–Trinajstić information content (AvgIpc) is 3.59. The van der Waals surface area contributed by atoms with Gasteiger partial charge in [-0.15, -0.1) is 0 Å². The molecule has 4 aromatic rings. The lowest BCUT2D eigenvalue weighted by Gasteiger charge is -2.34. The number of carbonyl (C=O) groups is 2. The summed E-state index contributed by atoms with van der Waals surface area (Å²) in [4.78, 5) is 29.6. The van der Waals surface area contributed by atoms with Crippen LogP contribution in [-0.4, -0.2) is 64.7 Å². The molecule has 1 aliphatic heterocycles. The highest BCUT2D eigenvalue weighted by Gasteiger charge is 2.29. The number of rotatable bonds is 5. The van der Waals surface area contributed by atoms with E-state index >= 15 is 0 Å². The number of aromatic nitrogens is 2. The topological polar surface area (TPSA) is 80.8 Å². The molecule has 2 amide bonds. The smallest absolute Gasteiger partial charge is 0.289 e. The van der Waals surface area contributed by atoms with E-state index in [4.69, 9.17) is 9.15 Å². The lowest BCUT2D eigenvalue weighted by atomic mass is 10.1. The molecular formula is C26H23FN4O4. The normalized spacial score (nSPS) is 13.7. The van der Waals surface area contributed by atoms with Crippen LogP contribution in [0.5, 0.6) is 5.75 Å². The van der Waals surface area contributed by atoms with E-state index in [0.29, 0.717) is 48.9 Å². The number of methoxy groups -OCH3 is 1. The first-order chi connectivity index (χ1) is 17.0. The molecule has 1 fully saturated rings. The molecule has 1 saturated heterocycles. The predicted octanol–water partition coefficient (Wildman–Crippen LogP) is 3.88. The number of ether oxygens (including phenoxy) is 1. The molecular weight excluding hydrogens is 451 g/mol. The summed E-state index contributed by atoms with van der Waals surface area (Å²) in [6, 6.07) is 16.5. The molecule has 8 nitrogen and oxygen atoms in total. The largest absolute Gasteiger partial charge is 0.497 e. The number of amides is 2. The van der Waals surface area contributed by atoms with Crippen LogP contribution in [0, 0.1) is 5.82 Å². The van der Waals surface area contributed by atoms with Gasteiger partial charge >= 0.3 is 0 Å². The SMILES string of the molecule is COc1cccc(-c2nn(-c3ccc(F)cc3)cc2C(=O)N2CCN(C(=O)c3ccco3)CC2)c1. The van der Waals surface area contributed by atoms with E-state index in [9.17, 15) is 14.0 Å². The van der Waals surface area contributed by atoms with Crippen molar-refractivity contribution in [3.05, 3.63) is 90.3 Å².